The van der Waals surface area contributed by atoms with E-state index in [1.807, 2.05) is 0 Å². The molecule has 0 aromatic heterocycles. The van der Waals surface area contributed by atoms with Crippen LogP contribution in [0.5, 0.6) is 0 Å². The molecule has 15 heavy (non-hydrogen) atoms. The molecule has 1 amide bonds. The molecule has 5 atom stereocenters. The molecule has 0 radical (unpaired) electrons. The molecule has 2 unspecified atom stereocenters. The Bertz CT molecular complexity index is 286. The van der Waals surface area contributed by atoms with Crippen molar-refractivity contribution < 1.29 is 4.79 Å². The molecule has 0 aromatic rings. The van der Waals surface area contributed by atoms with Crippen LogP contribution < -0.4 is 11.1 Å². The SMILES string of the molecule is CC(=O)N[C@]12CC3CC(C1)[C@@H](N)[C@@H](C3)C2. The lowest BCUT2D eigenvalue weighted by Crippen LogP contribution is -2.65. The Hall–Kier alpha value is -0.570. The number of hydrogen-bond donors (Lipinski definition) is 2. The molecule has 0 aliphatic heterocycles. The molecule has 84 valence electrons. The number of nitrogens with two attached hydrogens (primary N) is 1. The van der Waals surface area contributed by atoms with Crippen molar-refractivity contribution in [1.29, 1.82) is 0 Å². The zero-order valence-corrected chi connectivity index (χ0v) is 9.33. The molecule has 3 N–H and O–H groups in total. The Labute approximate surface area is 90.8 Å². The molecule has 0 aromatic carbocycles. The van der Waals surface area contributed by atoms with Gasteiger partial charge in [0.05, 0.1) is 0 Å². The summed E-state index contributed by atoms with van der Waals surface area (Å²) in [4.78, 5) is 11.3. The van der Waals surface area contributed by atoms with Crippen molar-refractivity contribution in [2.24, 2.45) is 23.5 Å². The van der Waals surface area contributed by atoms with Gasteiger partial charge in [0.25, 0.3) is 0 Å². The summed E-state index contributed by atoms with van der Waals surface area (Å²) in [6, 6.07) is 0.406. The molecule has 3 nitrogen and oxygen atoms in total. The molecule has 4 saturated carbocycles. The van der Waals surface area contributed by atoms with Gasteiger partial charge in [-0.15, -0.1) is 0 Å². The summed E-state index contributed by atoms with van der Waals surface area (Å²) in [5, 5.41) is 3.21. The van der Waals surface area contributed by atoms with Crippen molar-refractivity contribution >= 4 is 5.91 Å². The van der Waals surface area contributed by atoms with Gasteiger partial charge in [0, 0.05) is 18.5 Å². The van der Waals surface area contributed by atoms with Gasteiger partial charge in [-0.1, -0.05) is 0 Å². The Balaban J connectivity index is 1.85. The topological polar surface area (TPSA) is 55.1 Å². The maximum absolute atomic E-state index is 11.3. The van der Waals surface area contributed by atoms with Crippen molar-refractivity contribution in [2.45, 2.75) is 50.6 Å². The third kappa shape index (κ3) is 1.40. The molecule has 4 bridgehead atoms. The Morgan fingerprint density at radius 1 is 1.27 bits per heavy atom. The van der Waals surface area contributed by atoms with Crippen LogP contribution in [0.25, 0.3) is 0 Å². The second-order valence-corrected chi connectivity index (χ2v) is 6.01. The smallest absolute Gasteiger partial charge is 0.217 e. The third-order valence-electron chi connectivity index (χ3n) is 4.79. The van der Waals surface area contributed by atoms with Crippen molar-refractivity contribution in [3.63, 3.8) is 0 Å². The second-order valence-electron chi connectivity index (χ2n) is 6.01. The first-order valence-electron chi connectivity index (χ1n) is 6.12. The van der Waals surface area contributed by atoms with Crippen molar-refractivity contribution in [1.82, 2.24) is 5.32 Å². The quantitative estimate of drug-likeness (QED) is 0.676. The van der Waals surface area contributed by atoms with Crippen molar-refractivity contribution in [3.8, 4) is 0 Å². The zero-order valence-electron chi connectivity index (χ0n) is 9.33. The molecule has 0 spiro atoms. The summed E-state index contributed by atoms with van der Waals surface area (Å²) < 4.78 is 0. The predicted octanol–water partition coefficient (Wildman–Crippen LogP) is 1.03. The highest BCUT2D eigenvalue weighted by Gasteiger charge is 2.54. The number of hydrogen-bond acceptors (Lipinski definition) is 2. The molecule has 4 aliphatic rings. The van der Waals surface area contributed by atoms with E-state index in [9.17, 15) is 4.79 Å². The minimum Gasteiger partial charge on any atom is -0.351 e. The zero-order chi connectivity index (χ0) is 10.6. The van der Waals surface area contributed by atoms with Crippen LogP contribution in [-0.4, -0.2) is 17.5 Å². The predicted molar refractivity (Wildman–Crippen MR) is 58.1 cm³/mol. The monoisotopic (exact) mass is 208 g/mol. The Morgan fingerprint density at radius 2 is 1.87 bits per heavy atom. The summed E-state index contributed by atoms with van der Waals surface area (Å²) in [7, 11) is 0. The van der Waals surface area contributed by atoms with Crippen LogP contribution >= 0.6 is 0 Å². The molecule has 0 heterocycles. The van der Waals surface area contributed by atoms with Gasteiger partial charge in [-0.2, -0.15) is 0 Å². The van der Waals surface area contributed by atoms with Gasteiger partial charge < -0.3 is 11.1 Å². The van der Waals surface area contributed by atoms with Crippen LogP contribution in [0.15, 0.2) is 0 Å². The standard InChI is InChI=1S/C12H20N2O/c1-7(15)14-12-4-8-2-9(5-12)11(13)10(3-8)6-12/h8-11H,2-6,13H2,1H3,(H,14,15)/t8?,9-,10?,11-,12-/m0/s1. The molecule has 4 fully saturated rings. The summed E-state index contributed by atoms with van der Waals surface area (Å²) in [6.07, 6.45) is 6.06. The first-order chi connectivity index (χ1) is 7.08. The van der Waals surface area contributed by atoms with Crippen molar-refractivity contribution in [3.05, 3.63) is 0 Å². The number of rotatable bonds is 1. The maximum Gasteiger partial charge on any atom is 0.217 e. The molecule has 0 saturated heterocycles. The van der Waals surface area contributed by atoms with E-state index in [0.717, 1.165) is 18.8 Å². The molecular weight excluding hydrogens is 188 g/mol. The third-order valence-corrected chi connectivity index (χ3v) is 4.79. The maximum atomic E-state index is 11.3. The van der Waals surface area contributed by atoms with Gasteiger partial charge in [0.15, 0.2) is 0 Å². The average Bonchev–Trinajstić information content (AvgIpc) is 2.10. The van der Waals surface area contributed by atoms with Crippen LogP contribution in [0.1, 0.15) is 39.0 Å². The molecule has 4 aliphatic carbocycles. The fourth-order valence-corrected chi connectivity index (χ4v) is 4.59. The van der Waals surface area contributed by atoms with E-state index in [1.54, 1.807) is 6.92 Å². The minimum atomic E-state index is 0.123. The number of carbonyl (C=O) groups is 1. The highest BCUT2D eigenvalue weighted by Crippen LogP contribution is 2.55. The van der Waals surface area contributed by atoms with Gasteiger partial charge in [-0.3, -0.25) is 4.79 Å². The van der Waals surface area contributed by atoms with E-state index >= 15 is 0 Å². The highest BCUT2D eigenvalue weighted by molar-refractivity contribution is 5.74. The summed E-state index contributed by atoms with van der Waals surface area (Å²) in [5.41, 5.74) is 6.37. The van der Waals surface area contributed by atoms with Gasteiger partial charge >= 0.3 is 0 Å². The highest BCUT2D eigenvalue weighted by atomic mass is 16.1. The number of amides is 1. The minimum absolute atomic E-state index is 0.123. The first-order valence-corrected chi connectivity index (χ1v) is 6.12. The Morgan fingerprint density at radius 3 is 2.40 bits per heavy atom. The van der Waals surface area contributed by atoms with E-state index in [-0.39, 0.29) is 11.4 Å². The van der Waals surface area contributed by atoms with Crippen LogP contribution in [0.3, 0.4) is 0 Å². The van der Waals surface area contributed by atoms with Crippen LogP contribution in [0.4, 0.5) is 0 Å². The summed E-state index contributed by atoms with van der Waals surface area (Å²) >= 11 is 0. The van der Waals surface area contributed by atoms with Gasteiger partial charge in [-0.05, 0) is 49.9 Å². The van der Waals surface area contributed by atoms with Crippen LogP contribution in [0, 0.1) is 17.8 Å². The van der Waals surface area contributed by atoms with Crippen LogP contribution in [0.2, 0.25) is 0 Å². The summed E-state index contributed by atoms with van der Waals surface area (Å²) in [5.74, 6) is 2.30. The lowest BCUT2D eigenvalue weighted by Gasteiger charge is -2.59. The van der Waals surface area contributed by atoms with Gasteiger partial charge in [0.1, 0.15) is 0 Å². The number of nitrogens with one attached hydrogen (secondary N) is 1. The van der Waals surface area contributed by atoms with Gasteiger partial charge in [-0.25, -0.2) is 0 Å². The van der Waals surface area contributed by atoms with E-state index in [0.29, 0.717) is 17.9 Å². The van der Waals surface area contributed by atoms with Crippen LogP contribution in [-0.2, 0) is 4.79 Å². The second kappa shape index (κ2) is 2.97. The van der Waals surface area contributed by atoms with E-state index < -0.39 is 0 Å². The van der Waals surface area contributed by atoms with E-state index in [1.165, 1.54) is 19.3 Å². The molecule has 3 heteroatoms. The lowest BCUT2D eigenvalue weighted by molar-refractivity contribution is -0.125. The fourth-order valence-electron chi connectivity index (χ4n) is 4.59. The van der Waals surface area contributed by atoms with Gasteiger partial charge in [0.2, 0.25) is 5.91 Å². The first kappa shape index (κ1) is 9.64. The Kier molecular flexibility index (Phi) is 1.91. The summed E-state index contributed by atoms with van der Waals surface area (Å²) in [6.45, 7) is 1.64. The van der Waals surface area contributed by atoms with Crippen molar-refractivity contribution in [2.75, 3.05) is 0 Å². The van der Waals surface area contributed by atoms with E-state index in [4.69, 9.17) is 5.73 Å². The largest absolute Gasteiger partial charge is 0.351 e. The van der Waals surface area contributed by atoms with E-state index in [2.05, 4.69) is 5.32 Å². The fraction of sp³-hybridized carbons (Fsp3) is 0.917. The molecule has 4 rings (SSSR count). The molecular formula is C12H20N2O. The number of carbonyl (C=O) groups excluding carboxylic acids is 1. The average molecular weight is 208 g/mol. The normalized spacial score (nSPS) is 51.9. The lowest BCUT2D eigenvalue weighted by atomic mass is 9.51.